The first-order valence-corrected chi connectivity index (χ1v) is 6.32. The molecule has 0 aliphatic heterocycles. The summed E-state index contributed by atoms with van der Waals surface area (Å²) < 4.78 is 19.4. The molecule has 0 heterocycles. The van der Waals surface area contributed by atoms with Gasteiger partial charge < -0.3 is 14.8 Å². The van der Waals surface area contributed by atoms with Gasteiger partial charge in [0.1, 0.15) is 18.2 Å². The molecule has 2 rings (SSSR count). The lowest BCUT2D eigenvalue weighted by molar-refractivity contribution is 0.298. The minimum absolute atomic E-state index is 0.0948. The lowest BCUT2D eigenvalue weighted by atomic mass is 9.80. The summed E-state index contributed by atoms with van der Waals surface area (Å²) in [5.74, 6) is 0.196. The summed E-state index contributed by atoms with van der Waals surface area (Å²) in [5.41, 5.74) is 2.63. The zero-order valence-corrected chi connectivity index (χ0v) is 11.4. The molecule has 20 heavy (non-hydrogen) atoms. The normalized spacial score (nSPS) is 10.4. The molecule has 0 radical (unpaired) electrons. The van der Waals surface area contributed by atoms with E-state index >= 15 is 0 Å². The van der Waals surface area contributed by atoms with Crippen LogP contribution in [-0.4, -0.2) is 17.2 Å². The average molecular weight is 274 g/mol. The Morgan fingerprint density at radius 1 is 1.10 bits per heavy atom. The highest BCUT2D eigenvalue weighted by Gasteiger charge is 2.13. The minimum atomic E-state index is -1.67. The zero-order valence-electron chi connectivity index (χ0n) is 11.4. The molecule has 0 saturated heterocycles. The van der Waals surface area contributed by atoms with Crippen LogP contribution in [0, 0.1) is 19.7 Å². The summed E-state index contributed by atoms with van der Waals surface area (Å²) in [4.78, 5) is 0. The zero-order chi connectivity index (χ0) is 14.7. The number of rotatable bonds is 4. The molecular formula is C15H16BFO3. The van der Waals surface area contributed by atoms with Crippen LogP contribution in [0.15, 0.2) is 36.4 Å². The smallest absolute Gasteiger partial charge is 0.488 e. The highest BCUT2D eigenvalue weighted by atomic mass is 19.1. The topological polar surface area (TPSA) is 49.7 Å². The fraction of sp³-hybridized carbons (Fsp3) is 0.200. The van der Waals surface area contributed by atoms with Crippen molar-refractivity contribution in [1.82, 2.24) is 0 Å². The van der Waals surface area contributed by atoms with Gasteiger partial charge in [-0.2, -0.15) is 0 Å². The van der Waals surface area contributed by atoms with Gasteiger partial charge in [-0.25, -0.2) is 4.39 Å². The van der Waals surface area contributed by atoms with Crippen LogP contribution in [-0.2, 0) is 6.61 Å². The van der Waals surface area contributed by atoms with Crippen LogP contribution in [0.1, 0.15) is 16.7 Å². The maximum Gasteiger partial charge on any atom is 0.488 e. The second-order valence-corrected chi connectivity index (χ2v) is 4.78. The Labute approximate surface area is 117 Å². The van der Waals surface area contributed by atoms with Crippen LogP contribution in [0.4, 0.5) is 4.39 Å². The van der Waals surface area contributed by atoms with Crippen LogP contribution in [0.5, 0.6) is 5.75 Å². The molecule has 0 aromatic heterocycles. The highest BCUT2D eigenvalue weighted by Crippen LogP contribution is 2.20. The summed E-state index contributed by atoms with van der Waals surface area (Å²) in [6, 6.07) is 9.85. The van der Waals surface area contributed by atoms with Gasteiger partial charge in [-0.1, -0.05) is 29.8 Å². The molecule has 0 aliphatic rings. The number of hydrogen-bond acceptors (Lipinski definition) is 3. The van der Waals surface area contributed by atoms with E-state index in [1.807, 2.05) is 32.0 Å². The van der Waals surface area contributed by atoms with Gasteiger partial charge >= 0.3 is 7.12 Å². The molecule has 3 nitrogen and oxygen atoms in total. The summed E-state index contributed by atoms with van der Waals surface area (Å²) in [7, 11) is -1.67. The van der Waals surface area contributed by atoms with Gasteiger partial charge in [0.05, 0.1) is 0 Å². The highest BCUT2D eigenvalue weighted by molar-refractivity contribution is 6.58. The van der Waals surface area contributed by atoms with Gasteiger partial charge in [-0.15, -0.1) is 0 Å². The second-order valence-electron chi connectivity index (χ2n) is 4.78. The van der Waals surface area contributed by atoms with Gasteiger partial charge in [-0.3, -0.25) is 0 Å². The van der Waals surface area contributed by atoms with E-state index in [-0.39, 0.29) is 12.1 Å². The summed E-state index contributed by atoms with van der Waals surface area (Å²) in [5, 5.41) is 17.9. The first-order chi connectivity index (χ1) is 9.47. The molecule has 5 heteroatoms. The summed E-state index contributed by atoms with van der Waals surface area (Å²) in [6.07, 6.45) is 0. The third-order valence-electron chi connectivity index (χ3n) is 3.09. The maximum atomic E-state index is 13.8. The van der Waals surface area contributed by atoms with Crippen LogP contribution in [0.2, 0.25) is 0 Å². The van der Waals surface area contributed by atoms with Crippen molar-refractivity contribution >= 4 is 12.6 Å². The van der Waals surface area contributed by atoms with E-state index in [1.54, 1.807) is 0 Å². The molecule has 104 valence electrons. The van der Waals surface area contributed by atoms with Crippen LogP contribution >= 0.6 is 0 Å². The van der Waals surface area contributed by atoms with Crippen molar-refractivity contribution in [3.63, 3.8) is 0 Å². The molecule has 2 aromatic carbocycles. The fourth-order valence-corrected chi connectivity index (χ4v) is 1.96. The number of hydrogen-bond donors (Lipinski definition) is 2. The molecule has 0 spiro atoms. The van der Waals surface area contributed by atoms with E-state index in [0.717, 1.165) is 17.2 Å². The first kappa shape index (κ1) is 14.6. The maximum absolute atomic E-state index is 13.8. The third kappa shape index (κ3) is 3.38. The predicted molar refractivity (Wildman–Crippen MR) is 76.5 cm³/mol. The summed E-state index contributed by atoms with van der Waals surface area (Å²) in [6.45, 7) is 4.02. The van der Waals surface area contributed by atoms with Crippen LogP contribution in [0.25, 0.3) is 0 Å². The van der Waals surface area contributed by atoms with Gasteiger partial charge in [0.2, 0.25) is 0 Å². The fourth-order valence-electron chi connectivity index (χ4n) is 1.96. The third-order valence-corrected chi connectivity index (χ3v) is 3.09. The number of aryl methyl sites for hydroxylation is 2. The average Bonchev–Trinajstić information content (AvgIpc) is 2.38. The van der Waals surface area contributed by atoms with Crippen molar-refractivity contribution in [3.8, 4) is 5.75 Å². The van der Waals surface area contributed by atoms with Gasteiger partial charge in [0.25, 0.3) is 0 Å². The monoisotopic (exact) mass is 274 g/mol. The molecule has 0 bridgehead atoms. The summed E-state index contributed by atoms with van der Waals surface area (Å²) >= 11 is 0. The van der Waals surface area contributed by atoms with E-state index in [9.17, 15) is 4.39 Å². The van der Waals surface area contributed by atoms with Crippen molar-refractivity contribution in [3.05, 3.63) is 58.9 Å². The Bertz CT molecular complexity index is 614. The Hall–Kier alpha value is -1.85. The standard InChI is InChI=1S/C15H16BFO3/c1-10-3-6-15(11(2)7-10)20-9-12-4-5-13(16(18)19)8-14(12)17/h3-8,18-19H,9H2,1-2H3. The number of ether oxygens (including phenoxy) is 1. The molecule has 2 aromatic rings. The molecular weight excluding hydrogens is 258 g/mol. The quantitative estimate of drug-likeness (QED) is 0.834. The van der Waals surface area contributed by atoms with Crippen LogP contribution < -0.4 is 10.2 Å². The van der Waals surface area contributed by atoms with E-state index in [4.69, 9.17) is 14.8 Å². The molecule has 2 N–H and O–H groups in total. The number of benzene rings is 2. The van der Waals surface area contributed by atoms with Crippen LogP contribution in [0.3, 0.4) is 0 Å². The lowest BCUT2D eigenvalue weighted by Gasteiger charge is -2.11. The minimum Gasteiger partial charge on any atom is -0.489 e. The molecule has 0 fully saturated rings. The van der Waals surface area contributed by atoms with Gasteiger partial charge in [0, 0.05) is 5.56 Å². The lowest BCUT2D eigenvalue weighted by Crippen LogP contribution is -2.30. The van der Waals surface area contributed by atoms with E-state index in [0.29, 0.717) is 11.3 Å². The molecule has 0 amide bonds. The van der Waals surface area contributed by atoms with Crippen molar-refractivity contribution in [2.24, 2.45) is 0 Å². The number of halogens is 1. The molecule has 0 aliphatic carbocycles. The Balaban J connectivity index is 2.11. The predicted octanol–water partition coefficient (Wildman–Crippen LogP) is 1.70. The molecule has 0 unspecified atom stereocenters. The van der Waals surface area contributed by atoms with Crippen molar-refractivity contribution in [1.29, 1.82) is 0 Å². The van der Waals surface area contributed by atoms with Crippen molar-refractivity contribution in [2.45, 2.75) is 20.5 Å². The Morgan fingerprint density at radius 3 is 2.45 bits per heavy atom. The Morgan fingerprint density at radius 2 is 1.85 bits per heavy atom. The largest absolute Gasteiger partial charge is 0.489 e. The molecule has 0 saturated carbocycles. The van der Waals surface area contributed by atoms with E-state index in [2.05, 4.69) is 0 Å². The van der Waals surface area contributed by atoms with E-state index < -0.39 is 12.9 Å². The second kappa shape index (κ2) is 6.07. The van der Waals surface area contributed by atoms with Crippen molar-refractivity contribution < 1.29 is 19.2 Å². The molecule has 0 atom stereocenters. The van der Waals surface area contributed by atoms with Crippen molar-refractivity contribution in [2.75, 3.05) is 0 Å². The first-order valence-electron chi connectivity index (χ1n) is 6.32. The SMILES string of the molecule is Cc1ccc(OCc2ccc(B(O)O)cc2F)c(C)c1. The van der Waals surface area contributed by atoms with Gasteiger partial charge in [-0.05, 0) is 37.0 Å². The Kier molecular flexibility index (Phi) is 4.42. The van der Waals surface area contributed by atoms with Gasteiger partial charge in [0.15, 0.2) is 0 Å². The van der Waals surface area contributed by atoms with E-state index in [1.165, 1.54) is 12.1 Å².